The number of methoxy groups -OCH3 is 1. The minimum atomic E-state index is -4.07. The van der Waals surface area contributed by atoms with E-state index in [1.807, 2.05) is 0 Å². The minimum Gasteiger partial charge on any atom is -0.497 e. The molecule has 0 saturated heterocycles. The molecule has 0 radical (unpaired) electrons. The second kappa shape index (κ2) is 6.54. The molecule has 0 saturated carbocycles. The molecule has 2 aromatic carbocycles. The number of hydrogen-bond acceptors (Lipinski definition) is 7. The molecular weight excluding hydrogens is 358 g/mol. The number of nitrogens with zero attached hydrogens (tertiary/aromatic N) is 1. The molecule has 1 heterocycles. The Morgan fingerprint density at radius 1 is 1.08 bits per heavy atom. The third-order valence-corrected chi connectivity index (χ3v) is 5.07. The lowest BCUT2D eigenvalue weighted by Crippen LogP contribution is -2.10. The number of aryl methyl sites for hydroxylation is 1. The Hall–Kier alpha value is -3.31. The molecule has 0 aliphatic rings. The van der Waals surface area contributed by atoms with Crippen molar-refractivity contribution in [1.82, 2.24) is 0 Å². The molecule has 0 fully saturated rings. The summed E-state index contributed by atoms with van der Waals surface area (Å²) in [7, 11) is -2.59. The number of fused-ring (bicyclic) bond motifs is 1. The molecule has 7 nitrogen and oxygen atoms in total. The van der Waals surface area contributed by atoms with Gasteiger partial charge in [-0.1, -0.05) is 0 Å². The van der Waals surface area contributed by atoms with Crippen molar-refractivity contribution in [1.29, 1.82) is 5.26 Å². The van der Waals surface area contributed by atoms with E-state index in [0.29, 0.717) is 16.7 Å². The first-order valence-corrected chi connectivity index (χ1v) is 8.82. The van der Waals surface area contributed by atoms with Gasteiger partial charge in [0.05, 0.1) is 7.11 Å². The van der Waals surface area contributed by atoms with Crippen LogP contribution in [-0.4, -0.2) is 15.5 Å². The van der Waals surface area contributed by atoms with Gasteiger partial charge >= 0.3 is 15.7 Å². The molecule has 0 unspecified atom stereocenters. The van der Waals surface area contributed by atoms with E-state index in [0.717, 1.165) is 0 Å². The number of nitriles is 1. The fourth-order valence-corrected chi connectivity index (χ4v) is 3.36. The Kier molecular flexibility index (Phi) is 4.40. The standard InChI is InChI=1S/C18H13NO6S/c1-11-15-8-5-13(9-17(15)24-18(20)16(11)10-19)25-26(21,22)14-6-3-12(23-2)4-7-14/h3-9H,1-2H3. The Bertz CT molecular complexity index is 1190. The molecule has 0 spiro atoms. The molecule has 0 amide bonds. The Morgan fingerprint density at radius 3 is 2.35 bits per heavy atom. The fourth-order valence-electron chi connectivity index (χ4n) is 2.43. The molecule has 0 aliphatic heterocycles. The first-order valence-electron chi connectivity index (χ1n) is 7.42. The Morgan fingerprint density at radius 2 is 1.73 bits per heavy atom. The molecule has 0 aliphatic carbocycles. The van der Waals surface area contributed by atoms with Crippen molar-refractivity contribution in [3.63, 3.8) is 0 Å². The van der Waals surface area contributed by atoms with Crippen LogP contribution in [0.25, 0.3) is 11.0 Å². The first-order chi connectivity index (χ1) is 12.4. The molecule has 0 atom stereocenters. The predicted molar refractivity (Wildman–Crippen MR) is 92.7 cm³/mol. The molecule has 0 N–H and O–H groups in total. The maximum Gasteiger partial charge on any atom is 0.354 e. The lowest BCUT2D eigenvalue weighted by Gasteiger charge is -2.09. The molecular formula is C18H13NO6S. The third-order valence-electron chi connectivity index (χ3n) is 3.80. The lowest BCUT2D eigenvalue weighted by atomic mass is 10.1. The number of rotatable bonds is 4. The highest BCUT2D eigenvalue weighted by atomic mass is 32.2. The van der Waals surface area contributed by atoms with Crippen LogP contribution in [0.5, 0.6) is 11.5 Å². The number of hydrogen-bond donors (Lipinski definition) is 0. The van der Waals surface area contributed by atoms with Crippen LogP contribution in [0.1, 0.15) is 11.1 Å². The van der Waals surface area contributed by atoms with Crippen LogP contribution < -0.4 is 14.5 Å². The molecule has 26 heavy (non-hydrogen) atoms. The summed E-state index contributed by atoms with van der Waals surface area (Å²) in [6.45, 7) is 1.62. The Labute approximate surface area is 149 Å². The van der Waals surface area contributed by atoms with Gasteiger partial charge in [-0.3, -0.25) is 0 Å². The van der Waals surface area contributed by atoms with E-state index in [1.165, 1.54) is 49.6 Å². The zero-order chi connectivity index (χ0) is 18.9. The summed E-state index contributed by atoms with van der Waals surface area (Å²) >= 11 is 0. The van der Waals surface area contributed by atoms with Crippen molar-refractivity contribution in [3.8, 4) is 17.6 Å². The highest BCUT2D eigenvalue weighted by Gasteiger charge is 2.18. The second-order valence-corrected chi connectivity index (χ2v) is 6.92. The maximum atomic E-state index is 12.4. The summed E-state index contributed by atoms with van der Waals surface area (Å²) in [6.07, 6.45) is 0. The average molecular weight is 371 g/mol. The smallest absolute Gasteiger partial charge is 0.354 e. The van der Waals surface area contributed by atoms with Crippen molar-refractivity contribution >= 4 is 21.1 Å². The van der Waals surface area contributed by atoms with Gasteiger partial charge in [0.15, 0.2) is 0 Å². The quantitative estimate of drug-likeness (QED) is 0.513. The van der Waals surface area contributed by atoms with E-state index in [9.17, 15) is 13.2 Å². The topological polar surface area (TPSA) is 107 Å². The SMILES string of the molecule is COc1ccc(S(=O)(=O)Oc2ccc3c(C)c(C#N)c(=O)oc3c2)cc1. The average Bonchev–Trinajstić information content (AvgIpc) is 2.61. The number of benzene rings is 2. The van der Waals surface area contributed by atoms with E-state index >= 15 is 0 Å². The fraction of sp³-hybridized carbons (Fsp3) is 0.111. The Balaban J connectivity index is 2.00. The first kappa shape index (κ1) is 17.5. The normalized spacial score (nSPS) is 11.1. The van der Waals surface area contributed by atoms with Crippen molar-refractivity contribution in [2.24, 2.45) is 0 Å². The summed E-state index contributed by atoms with van der Waals surface area (Å²) in [6, 6.07) is 11.8. The highest BCUT2D eigenvalue weighted by molar-refractivity contribution is 7.87. The molecule has 8 heteroatoms. The molecule has 3 aromatic rings. The summed E-state index contributed by atoms with van der Waals surface area (Å²) in [5, 5.41) is 9.53. The number of ether oxygens (including phenoxy) is 1. The molecule has 1 aromatic heterocycles. The van der Waals surface area contributed by atoms with Crippen LogP contribution in [0.3, 0.4) is 0 Å². The second-order valence-electron chi connectivity index (χ2n) is 5.37. The minimum absolute atomic E-state index is 0.0134. The van der Waals surface area contributed by atoms with Gasteiger partial charge in [0.1, 0.15) is 33.6 Å². The van der Waals surface area contributed by atoms with Crippen LogP contribution in [0.4, 0.5) is 0 Å². The summed E-state index contributed by atoms with van der Waals surface area (Å²) < 4.78 is 39.9. The van der Waals surface area contributed by atoms with Gasteiger partial charge in [-0.2, -0.15) is 13.7 Å². The maximum absolute atomic E-state index is 12.4. The van der Waals surface area contributed by atoms with Crippen LogP contribution in [0.15, 0.2) is 56.6 Å². The van der Waals surface area contributed by atoms with E-state index in [4.69, 9.17) is 18.6 Å². The molecule has 132 valence electrons. The van der Waals surface area contributed by atoms with Crippen LogP contribution in [-0.2, 0) is 10.1 Å². The summed E-state index contributed by atoms with van der Waals surface area (Å²) in [5.74, 6) is 0.501. The van der Waals surface area contributed by atoms with Gasteiger partial charge in [-0.05, 0) is 48.9 Å². The van der Waals surface area contributed by atoms with Crippen LogP contribution in [0, 0.1) is 18.3 Å². The highest BCUT2D eigenvalue weighted by Crippen LogP contribution is 2.26. The van der Waals surface area contributed by atoms with Gasteiger partial charge in [-0.25, -0.2) is 4.79 Å². The monoisotopic (exact) mass is 371 g/mol. The van der Waals surface area contributed by atoms with Gasteiger partial charge in [0.2, 0.25) is 0 Å². The van der Waals surface area contributed by atoms with E-state index < -0.39 is 15.7 Å². The zero-order valence-corrected chi connectivity index (χ0v) is 14.7. The van der Waals surface area contributed by atoms with Crippen LogP contribution >= 0.6 is 0 Å². The largest absolute Gasteiger partial charge is 0.497 e. The van der Waals surface area contributed by atoms with Crippen LogP contribution in [0.2, 0.25) is 0 Å². The predicted octanol–water partition coefficient (Wildman–Crippen LogP) is 2.75. The summed E-state index contributed by atoms with van der Waals surface area (Å²) in [4.78, 5) is 11.8. The van der Waals surface area contributed by atoms with Crippen molar-refractivity contribution in [2.45, 2.75) is 11.8 Å². The molecule has 0 bridgehead atoms. The third kappa shape index (κ3) is 3.12. The van der Waals surface area contributed by atoms with Crippen molar-refractivity contribution in [3.05, 3.63) is 64.0 Å². The van der Waals surface area contributed by atoms with E-state index in [-0.39, 0.29) is 21.8 Å². The van der Waals surface area contributed by atoms with Gasteiger partial charge in [0.25, 0.3) is 0 Å². The van der Waals surface area contributed by atoms with Gasteiger partial charge in [-0.15, -0.1) is 0 Å². The van der Waals surface area contributed by atoms with Crippen molar-refractivity contribution in [2.75, 3.05) is 7.11 Å². The van der Waals surface area contributed by atoms with Crippen molar-refractivity contribution < 1.29 is 21.8 Å². The lowest BCUT2D eigenvalue weighted by molar-refractivity contribution is 0.414. The van der Waals surface area contributed by atoms with E-state index in [2.05, 4.69) is 0 Å². The summed E-state index contributed by atoms with van der Waals surface area (Å²) in [5.41, 5.74) is -0.276. The molecule has 3 rings (SSSR count). The van der Waals surface area contributed by atoms with Gasteiger partial charge < -0.3 is 13.3 Å². The zero-order valence-electron chi connectivity index (χ0n) is 13.8. The van der Waals surface area contributed by atoms with Gasteiger partial charge in [0, 0.05) is 11.5 Å². The van der Waals surface area contributed by atoms with E-state index in [1.54, 1.807) is 13.0 Å².